The van der Waals surface area contributed by atoms with E-state index in [2.05, 4.69) is 15.6 Å². The molecule has 2 rings (SSSR count). The van der Waals surface area contributed by atoms with Gasteiger partial charge in [0, 0.05) is 59.4 Å². The Morgan fingerprint density at radius 2 is 1.63 bits per heavy atom. The van der Waals surface area contributed by atoms with Crippen LogP contribution in [0.25, 0.3) is 0 Å². The molecule has 0 aromatic heterocycles. The SMILES string of the molecule is CN(C)C(=O)CN=C(NC1CCOCC1)NC1CCCC(C(=O)N(C)C)C1. The summed E-state index contributed by atoms with van der Waals surface area (Å²) >= 11 is 0. The van der Waals surface area contributed by atoms with Gasteiger partial charge in [-0.15, -0.1) is 0 Å². The van der Waals surface area contributed by atoms with E-state index in [-0.39, 0.29) is 30.3 Å². The van der Waals surface area contributed by atoms with Gasteiger partial charge in [-0.1, -0.05) is 6.42 Å². The zero-order valence-electron chi connectivity index (χ0n) is 17.2. The molecule has 8 nitrogen and oxygen atoms in total. The maximum Gasteiger partial charge on any atom is 0.243 e. The lowest BCUT2D eigenvalue weighted by molar-refractivity contribution is -0.134. The maximum absolute atomic E-state index is 12.3. The lowest BCUT2D eigenvalue weighted by Crippen LogP contribution is -2.51. The first kappa shape index (κ1) is 21.5. The predicted molar refractivity (Wildman–Crippen MR) is 106 cm³/mol. The fourth-order valence-corrected chi connectivity index (χ4v) is 3.56. The number of amides is 2. The van der Waals surface area contributed by atoms with Crippen molar-refractivity contribution in [2.24, 2.45) is 10.9 Å². The Labute approximate surface area is 162 Å². The van der Waals surface area contributed by atoms with Crippen molar-refractivity contribution in [3.8, 4) is 0 Å². The maximum atomic E-state index is 12.3. The molecule has 27 heavy (non-hydrogen) atoms. The zero-order chi connectivity index (χ0) is 19.8. The minimum atomic E-state index is -0.0348. The van der Waals surface area contributed by atoms with E-state index >= 15 is 0 Å². The van der Waals surface area contributed by atoms with Gasteiger partial charge in [-0.2, -0.15) is 0 Å². The highest BCUT2D eigenvalue weighted by Gasteiger charge is 2.29. The highest BCUT2D eigenvalue weighted by Crippen LogP contribution is 2.25. The fraction of sp³-hybridized carbons (Fsp3) is 0.842. The molecule has 2 aliphatic rings. The van der Waals surface area contributed by atoms with E-state index in [4.69, 9.17) is 4.74 Å². The molecule has 2 amide bonds. The molecule has 0 radical (unpaired) electrons. The van der Waals surface area contributed by atoms with Gasteiger partial charge in [-0.05, 0) is 32.1 Å². The Morgan fingerprint density at radius 3 is 2.26 bits per heavy atom. The monoisotopic (exact) mass is 381 g/mol. The standard InChI is InChI=1S/C19H35N5O3/c1-23(2)17(25)13-20-19(21-15-8-10-27-11-9-15)22-16-7-5-6-14(12-16)18(26)24(3)4/h14-16H,5-13H2,1-4H3,(H2,20,21,22). The number of hydrogen-bond donors (Lipinski definition) is 2. The average molecular weight is 382 g/mol. The number of carbonyl (C=O) groups is 2. The van der Waals surface area contributed by atoms with Crippen molar-refractivity contribution in [2.45, 2.75) is 50.6 Å². The van der Waals surface area contributed by atoms with Gasteiger partial charge < -0.3 is 25.2 Å². The molecule has 0 aromatic rings. The van der Waals surface area contributed by atoms with Crippen molar-refractivity contribution in [3.05, 3.63) is 0 Å². The van der Waals surface area contributed by atoms with E-state index in [0.29, 0.717) is 12.0 Å². The van der Waals surface area contributed by atoms with Crippen LogP contribution in [-0.2, 0) is 14.3 Å². The van der Waals surface area contributed by atoms with Gasteiger partial charge in [0.15, 0.2) is 5.96 Å². The summed E-state index contributed by atoms with van der Waals surface area (Å²) in [6.45, 7) is 1.59. The summed E-state index contributed by atoms with van der Waals surface area (Å²) in [4.78, 5) is 32.0. The molecule has 8 heteroatoms. The molecule has 2 unspecified atom stereocenters. The van der Waals surface area contributed by atoms with Crippen LogP contribution in [0.4, 0.5) is 0 Å². The number of guanidine groups is 1. The minimum Gasteiger partial charge on any atom is -0.381 e. The van der Waals surface area contributed by atoms with Crippen LogP contribution in [-0.4, -0.2) is 87.6 Å². The Hall–Kier alpha value is -1.83. The van der Waals surface area contributed by atoms with Crippen LogP contribution in [0.15, 0.2) is 4.99 Å². The van der Waals surface area contributed by atoms with Gasteiger partial charge in [0.25, 0.3) is 0 Å². The number of rotatable bonds is 5. The molecule has 0 aromatic carbocycles. The van der Waals surface area contributed by atoms with E-state index in [0.717, 1.165) is 51.7 Å². The number of nitrogens with one attached hydrogen (secondary N) is 2. The van der Waals surface area contributed by atoms with Crippen molar-refractivity contribution in [2.75, 3.05) is 47.9 Å². The number of likely N-dealkylation sites (N-methyl/N-ethyl adjacent to an activating group) is 1. The van der Waals surface area contributed by atoms with Crippen LogP contribution in [0.2, 0.25) is 0 Å². The summed E-state index contributed by atoms with van der Waals surface area (Å²) in [6.07, 6.45) is 5.61. The molecule has 1 heterocycles. The third-order valence-electron chi connectivity index (χ3n) is 5.24. The van der Waals surface area contributed by atoms with E-state index in [1.807, 2.05) is 14.1 Å². The number of hydrogen-bond acceptors (Lipinski definition) is 4. The van der Waals surface area contributed by atoms with Gasteiger partial charge in [0.05, 0.1) is 0 Å². The normalized spacial score (nSPS) is 24.2. The van der Waals surface area contributed by atoms with E-state index < -0.39 is 0 Å². The second-order valence-electron chi connectivity index (χ2n) is 7.92. The molecule has 0 spiro atoms. The molecular weight excluding hydrogens is 346 g/mol. The summed E-state index contributed by atoms with van der Waals surface area (Å²) in [7, 11) is 7.09. The van der Waals surface area contributed by atoms with Gasteiger partial charge in [-0.25, -0.2) is 4.99 Å². The second-order valence-corrected chi connectivity index (χ2v) is 7.92. The molecule has 1 saturated heterocycles. The molecular formula is C19H35N5O3. The van der Waals surface area contributed by atoms with Crippen LogP contribution in [0.3, 0.4) is 0 Å². The quantitative estimate of drug-likeness (QED) is 0.533. The number of carbonyl (C=O) groups excluding carboxylic acids is 2. The van der Waals surface area contributed by atoms with Crippen molar-refractivity contribution < 1.29 is 14.3 Å². The summed E-state index contributed by atoms with van der Waals surface area (Å²) < 4.78 is 5.42. The van der Waals surface area contributed by atoms with Gasteiger partial charge in [-0.3, -0.25) is 9.59 Å². The van der Waals surface area contributed by atoms with Crippen LogP contribution >= 0.6 is 0 Å². The number of nitrogens with zero attached hydrogens (tertiary/aromatic N) is 3. The number of ether oxygens (including phenoxy) is 1. The number of aliphatic imine (C=N–C) groups is 1. The van der Waals surface area contributed by atoms with Crippen LogP contribution in [0.1, 0.15) is 38.5 Å². The lowest BCUT2D eigenvalue weighted by Gasteiger charge is -2.33. The summed E-state index contributed by atoms with van der Waals surface area (Å²) in [5, 5.41) is 6.94. The molecule has 1 saturated carbocycles. The molecule has 2 atom stereocenters. The van der Waals surface area contributed by atoms with Crippen LogP contribution in [0, 0.1) is 5.92 Å². The van der Waals surface area contributed by atoms with Gasteiger partial charge in [0.1, 0.15) is 6.54 Å². The summed E-state index contributed by atoms with van der Waals surface area (Å²) in [5.41, 5.74) is 0. The van der Waals surface area contributed by atoms with Crippen molar-refractivity contribution in [1.29, 1.82) is 0 Å². The Morgan fingerprint density at radius 1 is 0.963 bits per heavy atom. The third-order valence-corrected chi connectivity index (χ3v) is 5.24. The smallest absolute Gasteiger partial charge is 0.243 e. The van der Waals surface area contributed by atoms with E-state index in [9.17, 15) is 9.59 Å². The Balaban J connectivity index is 1.99. The second kappa shape index (κ2) is 10.5. The topological polar surface area (TPSA) is 86.3 Å². The molecule has 1 aliphatic carbocycles. The van der Waals surface area contributed by atoms with Gasteiger partial charge >= 0.3 is 0 Å². The van der Waals surface area contributed by atoms with Crippen LogP contribution in [0.5, 0.6) is 0 Å². The Kier molecular flexibility index (Phi) is 8.34. The lowest BCUT2D eigenvalue weighted by atomic mass is 9.85. The largest absolute Gasteiger partial charge is 0.381 e. The van der Waals surface area contributed by atoms with Crippen molar-refractivity contribution in [1.82, 2.24) is 20.4 Å². The zero-order valence-corrected chi connectivity index (χ0v) is 17.2. The molecule has 0 bridgehead atoms. The first-order valence-electron chi connectivity index (χ1n) is 9.93. The molecule has 2 N–H and O–H groups in total. The summed E-state index contributed by atoms with van der Waals surface area (Å²) in [6, 6.07) is 0.482. The van der Waals surface area contributed by atoms with Gasteiger partial charge in [0.2, 0.25) is 11.8 Å². The average Bonchev–Trinajstić information content (AvgIpc) is 2.66. The Bertz CT molecular complexity index is 529. The molecule has 154 valence electrons. The van der Waals surface area contributed by atoms with E-state index in [1.54, 1.807) is 23.9 Å². The van der Waals surface area contributed by atoms with Crippen molar-refractivity contribution in [3.63, 3.8) is 0 Å². The first-order valence-corrected chi connectivity index (χ1v) is 9.93. The van der Waals surface area contributed by atoms with Crippen molar-refractivity contribution >= 4 is 17.8 Å². The van der Waals surface area contributed by atoms with E-state index in [1.165, 1.54) is 0 Å². The first-order chi connectivity index (χ1) is 12.9. The summed E-state index contributed by atoms with van der Waals surface area (Å²) in [5.74, 6) is 0.881. The highest BCUT2D eigenvalue weighted by atomic mass is 16.5. The van der Waals surface area contributed by atoms with Crippen LogP contribution < -0.4 is 10.6 Å². The predicted octanol–water partition coefficient (Wildman–Crippen LogP) is 0.436. The third kappa shape index (κ3) is 7.01. The molecule has 2 fully saturated rings. The highest BCUT2D eigenvalue weighted by molar-refractivity contribution is 5.85. The molecule has 1 aliphatic heterocycles. The minimum absolute atomic E-state index is 0.0348. The fourth-order valence-electron chi connectivity index (χ4n) is 3.56.